The summed E-state index contributed by atoms with van der Waals surface area (Å²) in [6.45, 7) is 13.5. The van der Waals surface area contributed by atoms with Gasteiger partial charge in [0.25, 0.3) is 0 Å². The van der Waals surface area contributed by atoms with E-state index >= 15 is 0 Å². The highest BCUT2D eigenvalue weighted by atomic mass is 16.3. The van der Waals surface area contributed by atoms with Crippen LogP contribution < -0.4 is 0 Å². The van der Waals surface area contributed by atoms with Gasteiger partial charge in [-0.05, 0) is 71.2 Å². The standard InChI is InChI=1S/C32H34N2O/c1-19(2)17-22-15-16-33-29(18-22)27-12-8-11-25-26-13-14-28(34-32(26)35-31(25)27)30-23(20(3)4)9-7-10-24(30)21(5)6/h7-16,18-21H,17H2,1-6H3. The second-order valence-corrected chi connectivity index (χ2v) is 10.6. The van der Waals surface area contributed by atoms with E-state index in [-0.39, 0.29) is 0 Å². The maximum Gasteiger partial charge on any atom is 0.227 e. The Morgan fingerprint density at radius 2 is 1.46 bits per heavy atom. The van der Waals surface area contributed by atoms with Crippen LogP contribution in [0.2, 0.25) is 0 Å². The van der Waals surface area contributed by atoms with Gasteiger partial charge in [-0.2, -0.15) is 0 Å². The van der Waals surface area contributed by atoms with Crippen molar-refractivity contribution in [2.45, 2.75) is 59.8 Å². The van der Waals surface area contributed by atoms with Crippen molar-refractivity contribution in [1.29, 1.82) is 0 Å². The molecule has 0 N–H and O–H groups in total. The zero-order valence-corrected chi connectivity index (χ0v) is 21.6. The van der Waals surface area contributed by atoms with Crippen molar-refractivity contribution < 1.29 is 4.42 Å². The van der Waals surface area contributed by atoms with Gasteiger partial charge in [0.2, 0.25) is 5.71 Å². The molecule has 3 heterocycles. The first-order chi connectivity index (χ1) is 16.8. The van der Waals surface area contributed by atoms with Crippen LogP contribution in [0.1, 0.15) is 70.1 Å². The Labute approximate surface area is 208 Å². The number of aromatic nitrogens is 2. The zero-order chi connectivity index (χ0) is 24.7. The molecule has 178 valence electrons. The molecule has 0 aliphatic rings. The van der Waals surface area contributed by atoms with E-state index in [0.717, 1.165) is 39.7 Å². The predicted molar refractivity (Wildman–Crippen MR) is 147 cm³/mol. The van der Waals surface area contributed by atoms with Crippen molar-refractivity contribution in [1.82, 2.24) is 9.97 Å². The van der Waals surface area contributed by atoms with Crippen molar-refractivity contribution in [3.05, 3.63) is 83.6 Å². The Morgan fingerprint density at radius 1 is 0.743 bits per heavy atom. The van der Waals surface area contributed by atoms with Gasteiger partial charge in [-0.15, -0.1) is 0 Å². The maximum atomic E-state index is 6.47. The number of fused-ring (bicyclic) bond motifs is 3. The molecular weight excluding hydrogens is 428 g/mol. The molecule has 5 aromatic rings. The molecule has 0 unspecified atom stereocenters. The molecule has 5 rings (SSSR count). The normalized spacial score (nSPS) is 12.0. The van der Waals surface area contributed by atoms with E-state index in [4.69, 9.17) is 9.40 Å². The van der Waals surface area contributed by atoms with Crippen molar-refractivity contribution in [2.75, 3.05) is 0 Å². The molecule has 0 saturated carbocycles. The van der Waals surface area contributed by atoms with E-state index < -0.39 is 0 Å². The first-order valence-electron chi connectivity index (χ1n) is 12.7. The van der Waals surface area contributed by atoms with Gasteiger partial charge in [0.15, 0.2) is 0 Å². The van der Waals surface area contributed by atoms with Gasteiger partial charge in [-0.3, -0.25) is 4.98 Å². The number of furan rings is 1. The SMILES string of the molecule is CC(C)Cc1ccnc(-c2cccc3c2oc2nc(-c4c(C(C)C)cccc4C(C)C)ccc23)c1. The van der Waals surface area contributed by atoms with Crippen molar-refractivity contribution in [2.24, 2.45) is 5.92 Å². The number of rotatable bonds is 6. The van der Waals surface area contributed by atoms with Gasteiger partial charge in [0, 0.05) is 28.1 Å². The van der Waals surface area contributed by atoms with Gasteiger partial charge >= 0.3 is 0 Å². The molecule has 0 bridgehead atoms. The summed E-state index contributed by atoms with van der Waals surface area (Å²) < 4.78 is 6.47. The monoisotopic (exact) mass is 462 g/mol. The minimum atomic E-state index is 0.410. The summed E-state index contributed by atoms with van der Waals surface area (Å²) in [6, 6.07) is 21.5. The lowest BCUT2D eigenvalue weighted by atomic mass is 9.87. The summed E-state index contributed by atoms with van der Waals surface area (Å²) in [4.78, 5) is 9.76. The number of para-hydroxylation sites is 1. The summed E-state index contributed by atoms with van der Waals surface area (Å²) in [7, 11) is 0. The zero-order valence-electron chi connectivity index (χ0n) is 21.6. The lowest BCUT2D eigenvalue weighted by molar-refractivity contribution is 0.646. The molecule has 3 nitrogen and oxygen atoms in total. The Balaban J connectivity index is 1.69. The van der Waals surface area contributed by atoms with Crippen LogP contribution in [0.25, 0.3) is 44.6 Å². The molecule has 0 radical (unpaired) electrons. The quantitative estimate of drug-likeness (QED) is 0.252. The average molecular weight is 463 g/mol. The number of benzene rings is 2. The molecule has 0 amide bonds. The molecule has 3 heteroatoms. The number of pyridine rings is 2. The summed E-state index contributed by atoms with van der Waals surface area (Å²) in [6.07, 6.45) is 2.94. The molecule has 0 aliphatic heterocycles. The van der Waals surface area contributed by atoms with E-state index in [1.54, 1.807) is 0 Å². The summed E-state index contributed by atoms with van der Waals surface area (Å²) in [5.41, 5.74) is 9.64. The predicted octanol–water partition coefficient (Wildman–Crippen LogP) is 9.16. The fourth-order valence-corrected chi connectivity index (χ4v) is 5.09. The van der Waals surface area contributed by atoms with Gasteiger partial charge in [0.1, 0.15) is 5.58 Å². The highest BCUT2D eigenvalue weighted by Gasteiger charge is 2.19. The fourth-order valence-electron chi connectivity index (χ4n) is 5.09. The van der Waals surface area contributed by atoms with Crippen LogP contribution >= 0.6 is 0 Å². The lowest BCUT2D eigenvalue weighted by Crippen LogP contribution is -2.00. The van der Waals surface area contributed by atoms with Crippen molar-refractivity contribution in [3.63, 3.8) is 0 Å². The third kappa shape index (κ3) is 4.36. The van der Waals surface area contributed by atoms with E-state index in [0.29, 0.717) is 23.5 Å². The first-order valence-corrected chi connectivity index (χ1v) is 12.7. The summed E-state index contributed by atoms with van der Waals surface area (Å²) in [5.74, 6) is 1.42. The van der Waals surface area contributed by atoms with Crippen LogP contribution in [0.15, 0.2) is 71.3 Å². The summed E-state index contributed by atoms with van der Waals surface area (Å²) in [5, 5.41) is 2.12. The molecular formula is C32H34N2O. The molecule has 0 atom stereocenters. The Morgan fingerprint density at radius 3 is 2.14 bits per heavy atom. The Kier molecular flexibility index (Phi) is 6.19. The van der Waals surface area contributed by atoms with Crippen LogP contribution in [0.4, 0.5) is 0 Å². The van der Waals surface area contributed by atoms with Crippen LogP contribution in [0.5, 0.6) is 0 Å². The topological polar surface area (TPSA) is 38.9 Å². The van der Waals surface area contributed by atoms with E-state index in [1.165, 1.54) is 22.3 Å². The minimum absolute atomic E-state index is 0.410. The molecule has 0 fully saturated rings. The lowest BCUT2D eigenvalue weighted by Gasteiger charge is -2.19. The highest BCUT2D eigenvalue weighted by molar-refractivity contribution is 6.08. The van der Waals surface area contributed by atoms with E-state index in [2.05, 4.69) is 107 Å². The molecule has 35 heavy (non-hydrogen) atoms. The van der Waals surface area contributed by atoms with Gasteiger partial charge in [-0.25, -0.2) is 4.98 Å². The number of nitrogens with zero attached hydrogens (tertiary/aromatic N) is 2. The Hall–Kier alpha value is -3.46. The molecule has 2 aromatic carbocycles. The second-order valence-electron chi connectivity index (χ2n) is 10.6. The average Bonchev–Trinajstić information content (AvgIpc) is 3.21. The molecule has 0 spiro atoms. The smallest absolute Gasteiger partial charge is 0.227 e. The third-order valence-corrected chi connectivity index (χ3v) is 6.74. The van der Waals surface area contributed by atoms with Gasteiger partial charge in [-0.1, -0.05) is 71.9 Å². The van der Waals surface area contributed by atoms with Crippen LogP contribution in [0, 0.1) is 5.92 Å². The fraction of sp³-hybridized carbons (Fsp3) is 0.312. The van der Waals surface area contributed by atoms with Gasteiger partial charge < -0.3 is 4.42 Å². The molecule has 0 aliphatic carbocycles. The van der Waals surface area contributed by atoms with Crippen LogP contribution in [-0.4, -0.2) is 9.97 Å². The van der Waals surface area contributed by atoms with Crippen LogP contribution in [-0.2, 0) is 6.42 Å². The summed E-state index contributed by atoms with van der Waals surface area (Å²) >= 11 is 0. The van der Waals surface area contributed by atoms with Gasteiger partial charge in [0.05, 0.1) is 11.4 Å². The highest BCUT2D eigenvalue weighted by Crippen LogP contribution is 2.39. The molecule has 3 aromatic heterocycles. The minimum Gasteiger partial charge on any atom is -0.437 e. The van der Waals surface area contributed by atoms with E-state index in [9.17, 15) is 0 Å². The Bertz CT molecular complexity index is 1480. The number of hydrogen-bond acceptors (Lipinski definition) is 3. The number of hydrogen-bond donors (Lipinski definition) is 0. The van der Waals surface area contributed by atoms with E-state index in [1.807, 2.05) is 6.20 Å². The molecule has 0 saturated heterocycles. The van der Waals surface area contributed by atoms with Crippen molar-refractivity contribution in [3.8, 4) is 22.5 Å². The largest absolute Gasteiger partial charge is 0.437 e. The van der Waals surface area contributed by atoms with Crippen molar-refractivity contribution >= 4 is 22.1 Å². The van der Waals surface area contributed by atoms with Crippen LogP contribution in [0.3, 0.4) is 0 Å². The third-order valence-electron chi connectivity index (χ3n) is 6.74. The first kappa shape index (κ1) is 23.3. The second kappa shape index (κ2) is 9.30. The maximum absolute atomic E-state index is 6.47.